The SMILES string of the molecule is CC(C)[C@@H]1NCc2c3ccccc3c(c3ccccc23)CN[C@@H](C(C)C)C(=O)NCCCCCCCCNC1=O. The molecule has 216 valence electrons. The van der Waals surface area contributed by atoms with Gasteiger partial charge in [0.2, 0.25) is 11.8 Å². The maximum absolute atomic E-state index is 13.2. The molecule has 4 rings (SSSR count). The Kier molecular flexibility index (Phi) is 11.0. The van der Waals surface area contributed by atoms with E-state index in [1.165, 1.54) is 32.7 Å². The molecule has 0 saturated heterocycles. The lowest BCUT2D eigenvalue weighted by Gasteiger charge is -2.25. The van der Waals surface area contributed by atoms with Crippen LogP contribution in [-0.2, 0) is 22.7 Å². The van der Waals surface area contributed by atoms with Crippen LogP contribution in [0.1, 0.15) is 77.3 Å². The number of hydrogen-bond acceptors (Lipinski definition) is 4. The number of amides is 2. The summed E-state index contributed by atoms with van der Waals surface area (Å²) in [6, 6.07) is 16.5. The normalized spacial score (nSPS) is 21.2. The summed E-state index contributed by atoms with van der Waals surface area (Å²) in [5.74, 6) is 0.514. The fourth-order valence-corrected chi connectivity index (χ4v) is 5.98. The number of carbonyl (C=O) groups excluding carboxylic acids is 2. The summed E-state index contributed by atoms with van der Waals surface area (Å²) in [6.45, 7) is 11.0. The van der Waals surface area contributed by atoms with Gasteiger partial charge in [-0.3, -0.25) is 9.59 Å². The lowest BCUT2D eigenvalue weighted by atomic mass is 9.90. The lowest BCUT2D eigenvalue weighted by Crippen LogP contribution is -2.47. The molecule has 0 spiro atoms. The van der Waals surface area contributed by atoms with Gasteiger partial charge in [-0.25, -0.2) is 0 Å². The van der Waals surface area contributed by atoms with Crippen molar-refractivity contribution in [3.8, 4) is 0 Å². The minimum atomic E-state index is -0.262. The minimum absolute atomic E-state index is 0.0852. The number of carbonyl (C=O) groups is 2. The smallest absolute Gasteiger partial charge is 0.237 e. The van der Waals surface area contributed by atoms with E-state index in [1.807, 2.05) is 0 Å². The number of fused-ring (bicyclic) bond motifs is 3. The Bertz CT molecular complexity index is 1130. The third kappa shape index (κ3) is 7.41. The van der Waals surface area contributed by atoms with Crippen LogP contribution in [0, 0.1) is 11.8 Å². The molecule has 2 atom stereocenters. The van der Waals surface area contributed by atoms with Crippen LogP contribution in [0.4, 0.5) is 0 Å². The van der Waals surface area contributed by atoms with E-state index in [0.717, 1.165) is 38.5 Å². The van der Waals surface area contributed by atoms with E-state index in [2.05, 4.69) is 97.5 Å². The van der Waals surface area contributed by atoms with E-state index in [9.17, 15) is 9.59 Å². The molecule has 3 aromatic rings. The zero-order valence-electron chi connectivity index (χ0n) is 24.8. The molecule has 4 N–H and O–H groups in total. The maximum Gasteiger partial charge on any atom is 0.237 e. The van der Waals surface area contributed by atoms with Crippen LogP contribution in [0.5, 0.6) is 0 Å². The van der Waals surface area contributed by atoms with Crippen molar-refractivity contribution < 1.29 is 9.59 Å². The standard InChI is InChI=1S/C34H48N4O2/c1-23(2)31-33(39)35-19-13-7-5-6-8-14-20-36-34(40)32(24(3)4)38-22-30-27-17-11-9-15-25(27)29(21-37-31)26-16-10-12-18-28(26)30/h9-12,15-18,23-24,31-32,37-38H,5-8,13-14,19-22H2,1-4H3,(H,35,39)(H,36,40)/t31-,32-/m0/s1. The van der Waals surface area contributed by atoms with Crippen molar-refractivity contribution in [1.82, 2.24) is 21.3 Å². The summed E-state index contributed by atoms with van der Waals surface area (Å²) < 4.78 is 0. The van der Waals surface area contributed by atoms with Crippen molar-refractivity contribution in [3.63, 3.8) is 0 Å². The second kappa shape index (κ2) is 14.6. The average molecular weight is 545 g/mol. The Labute approximate surface area is 240 Å². The molecule has 3 aromatic carbocycles. The molecule has 0 aromatic heterocycles. The van der Waals surface area contributed by atoms with Crippen LogP contribution in [0.25, 0.3) is 21.5 Å². The fourth-order valence-electron chi connectivity index (χ4n) is 5.98. The molecule has 0 radical (unpaired) electrons. The average Bonchev–Trinajstić information content (AvgIpc) is 2.94. The van der Waals surface area contributed by atoms with Crippen molar-refractivity contribution >= 4 is 33.4 Å². The molecule has 0 saturated carbocycles. The first-order chi connectivity index (χ1) is 19.4. The first kappa shape index (κ1) is 30.0. The number of rotatable bonds is 2. The number of nitrogens with one attached hydrogen (secondary N) is 4. The summed E-state index contributed by atoms with van der Waals surface area (Å²) in [7, 11) is 0. The van der Waals surface area contributed by atoms with E-state index >= 15 is 0 Å². The molecule has 6 nitrogen and oxygen atoms in total. The van der Waals surface area contributed by atoms with Crippen molar-refractivity contribution in [3.05, 3.63) is 59.7 Å². The summed E-state index contributed by atoms with van der Waals surface area (Å²) in [5, 5.41) is 18.3. The largest absolute Gasteiger partial charge is 0.355 e. The van der Waals surface area contributed by atoms with Crippen molar-refractivity contribution in [2.24, 2.45) is 11.8 Å². The van der Waals surface area contributed by atoms with E-state index in [1.54, 1.807) is 0 Å². The predicted octanol–water partition coefficient (Wildman–Crippen LogP) is 5.81. The van der Waals surface area contributed by atoms with Crippen LogP contribution < -0.4 is 21.3 Å². The highest BCUT2D eigenvalue weighted by Crippen LogP contribution is 2.33. The molecule has 0 unspecified atom stereocenters. The fraction of sp³-hybridized carbons (Fsp3) is 0.529. The predicted molar refractivity (Wildman–Crippen MR) is 166 cm³/mol. The maximum atomic E-state index is 13.2. The van der Waals surface area contributed by atoms with Gasteiger partial charge in [-0.1, -0.05) is 102 Å². The minimum Gasteiger partial charge on any atom is -0.355 e. The van der Waals surface area contributed by atoms with Crippen molar-refractivity contribution in [1.29, 1.82) is 0 Å². The lowest BCUT2D eigenvalue weighted by molar-refractivity contribution is -0.125. The molecule has 0 fully saturated rings. The molecule has 1 aliphatic rings. The Morgan fingerprint density at radius 2 is 0.875 bits per heavy atom. The van der Waals surface area contributed by atoms with Gasteiger partial charge < -0.3 is 21.3 Å². The topological polar surface area (TPSA) is 82.3 Å². The van der Waals surface area contributed by atoms with Gasteiger partial charge in [0.1, 0.15) is 0 Å². The molecule has 2 amide bonds. The molecule has 2 bridgehead atoms. The molecule has 1 heterocycles. The molecular formula is C34H48N4O2. The van der Waals surface area contributed by atoms with Crippen LogP contribution in [0.2, 0.25) is 0 Å². The summed E-state index contributed by atoms with van der Waals surface area (Å²) in [5.41, 5.74) is 2.40. The molecule has 1 aliphatic heterocycles. The molecular weight excluding hydrogens is 496 g/mol. The van der Waals surface area contributed by atoms with Gasteiger partial charge in [0.15, 0.2) is 0 Å². The second-order valence-corrected chi connectivity index (χ2v) is 12.0. The van der Waals surface area contributed by atoms with Crippen LogP contribution >= 0.6 is 0 Å². The van der Waals surface area contributed by atoms with Crippen LogP contribution in [0.15, 0.2) is 48.5 Å². The molecule has 40 heavy (non-hydrogen) atoms. The second-order valence-electron chi connectivity index (χ2n) is 12.0. The Hall–Kier alpha value is -2.96. The van der Waals surface area contributed by atoms with Gasteiger partial charge >= 0.3 is 0 Å². The highest BCUT2D eigenvalue weighted by atomic mass is 16.2. The third-order valence-corrected chi connectivity index (χ3v) is 8.25. The third-order valence-electron chi connectivity index (χ3n) is 8.25. The van der Waals surface area contributed by atoms with Crippen LogP contribution in [-0.4, -0.2) is 37.0 Å². The van der Waals surface area contributed by atoms with E-state index in [0.29, 0.717) is 26.2 Å². The van der Waals surface area contributed by atoms with Gasteiger partial charge in [0.05, 0.1) is 12.1 Å². The summed E-state index contributed by atoms with van der Waals surface area (Å²) in [4.78, 5) is 26.4. The Balaban J connectivity index is 1.72. The number of hydrogen-bond donors (Lipinski definition) is 4. The quantitative estimate of drug-likeness (QED) is 0.307. The highest BCUT2D eigenvalue weighted by Gasteiger charge is 2.24. The van der Waals surface area contributed by atoms with Gasteiger partial charge in [-0.15, -0.1) is 0 Å². The van der Waals surface area contributed by atoms with E-state index < -0.39 is 0 Å². The zero-order chi connectivity index (χ0) is 28.5. The first-order valence-electron chi connectivity index (χ1n) is 15.3. The Morgan fingerprint density at radius 3 is 1.20 bits per heavy atom. The Morgan fingerprint density at radius 1 is 0.550 bits per heavy atom. The van der Waals surface area contributed by atoms with Gasteiger partial charge in [-0.05, 0) is 57.3 Å². The number of benzene rings is 3. The molecule has 6 heteroatoms. The van der Waals surface area contributed by atoms with Crippen molar-refractivity contribution in [2.45, 2.75) is 91.4 Å². The van der Waals surface area contributed by atoms with Gasteiger partial charge in [0, 0.05) is 26.2 Å². The van der Waals surface area contributed by atoms with Crippen LogP contribution in [0.3, 0.4) is 0 Å². The highest BCUT2D eigenvalue weighted by molar-refractivity contribution is 6.05. The first-order valence-corrected chi connectivity index (χ1v) is 15.3. The summed E-state index contributed by atoms with van der Waals surface area (Å²) in [6.07, 6.45) is 6.51. The summed E-state index contributed by atoms with van der Waals surface area (Å²) >= 11 is 0. The molecule has 0 aliphatic carbocycles. The monoisotopic (exact) mass is 544 g/mol. The van der Waals surface area contributed by atoms with Gasteiger partial charge in [0.25, 0.3) is 0 Å². The van der Waals surface area contributed by atoms with Crippen molar-refractivity contribution in [2.75, 3.05) is 13.1 Å². The van der Waals surface area contributed by atoms with Gasteiger partial charge in [-0.2, -0.15) is 0 Å². The zero-order valence-corrected chi connectivity index (χ0v) is 24.8. The van der Waals surface area contributed by atoms with E-state index in [-0.39, 0.29) is 35.7 Å². The van der Waals surface area contributed by atoms with E-state index in [4.69, 9.17) is 0 Å².